The summed E-state index contributed by atoms with van der Waals surface area (Å²) in [7, 11) is 0. The number of anilines is 1. The smallest absolute Gasteiger partial charge is 0.271 e. The van der Waals surface area contributed by atoms with E-state index in [-0.39, 0.29) is 5.91 Å². The molecule has 0 aliphatic heterocycles. The standard InChI is InChI=1S/C16H12BrN3O/c17-13-7-3-1-5-11(13)9-10-15(21)20-14-8-4-2-6-12(14)16(18)19-20/h1-10H,(H2,18,19)/b10-9+. The Hall–Kier alpha value is -2.40. The van der Waals surface area contributed by atoms with Crippen LogP contribution >= 0.6 is 15.9 Å². The van der Waals surface area contributed by atoms with E-state index in [2.05, 4.69) is 21.0 Å². The second kappa shape index (κ2) is 5.54. The van der Waals surface area contributed by atoms with E-state index in [4.69, 9.17) is 5.73 Å². The molecule has 0 saturated carbocycles. The summed E-state index contributed by atoms with van der Waals surface area (Å²) < 4.78 is 2.25. The van der Waals surface area contributed by atoms with Crippen LogP contribution in [0.25, 0.3) is 17.0 Å². The zero-order valence-electron chi connectivity index (χ0n) is 11.0. The van der Waals surface area contributed by atoms with Gasteiger partial charge in [0, 0.05) is 15.9 Å². The van der Waals surface area contributed by atoms with Crippen LogP contribution in [0, 0.1) is 0 Å². The lowest BCUT2D eigenvalue weighted by atomic mass is 10.2. The molecular formula is C16H12BrN3O. The van der Waals surface area contributed by atoms with E-state index in [1.54, 1.807) is 6.08 Å². The first-order valence-electron chi connectivity index (χ1n) is 6.37. The monoisotopic (exact) mass is 341 g/mol. The molecule has 0 aliphatic rings. The van der Waals surface area contributed by atoms with Gasteiger partial charge in [0.25, 0.3) is 5.91 Å². The van der Waals surface area contributed by atoms with Gasteiger partial charge in [0.2, 0.25) is 0 Å². The minimum Gasteiger partial charge on any atom is -0.382 e. The highest BCUT2D eigenvalue weighted by Crippen LogP contribution is 2.21. The van der Waals surface area contributed by atoms with Crippen molar-refractivity contribution < 1.29 is 4.79 Å². The summed E-state index contributed by atoms with van der Waals surface area (Å²) in [5.41, 5.74) is 7.46. The molecule has 3 aromatic rings. The minimum absolute atomic E-state index is 0.237. The highest BCUT2D eigenvalue weighted by molar-refractivity contribution is 9.10. The first-order chi connectivity index (χ1) is 10.2. The molecule has 0 aliphatic carbocycles. The number of nitrogen functional groups attached to an aromatic ring is 1. The van der Waals surface area contributed by atoms with Crippen LogP contribution in [0.1, 0.15) is 10.4 Å². The van der Waals surface area contributed by atoms with Crippen LogP contribution in [0.2, 0.25) is 0 Å². The van der Waals surface area contributed by atoms with Crippen molar-refractivity contribution in [3.63, 3.8) is 0 Å². The molecule has 2 N–H and O–H groups in total. The van der Waals surface area contributed by atoms with Crippen molar-refractivity contribution in [2.24, 2.45) is 0 Å². The van der Waals surface area contributed by atoms with Gasteiger partial charge in [-0.05, 0) is 29.8 Å². The lowest BCUT2D eigenvalue weighted by Crippen LogP contribution is -2.09. The number of hydrogen-bond donors (Lipinski definition) is 1. The minimum atomic E-state index is -0.237. The summed E-state index contributed by atoms with van der Waals surface area (Å²) in [6.45, 7) is 0. The Morgan fingerprint density at radius 1 is 1.14 bits per heavy atom. The summed E-state index contributed by atoms with van der Waals surface area (Å²) in [6, 6.07) is 15.1. The number of nitrogens with two attached hydrogens (primary N) is 1. The fourth-order valence-corrected chi connectivity index (χ4v) is 2.52. The average Bonchev–Trinajstić information content (AvgIpc) is 2.84. The van der Waals surface area contributed by atoms with E-state index in [1.807, 2.05) is 48.5 Å². The Kier molecular flexibility index (Phi) is 3.58. The van der Waals surface area contributed by atoms with Gasteiger partial charge in [-0.2, -0.15) is 4.68 Å². The molecule has 0 radical (unpaired) electrons. The van der Waals surface area contributed by atoms with Gasteiger partial charge >= 0.3 is 0 Å². The van der Waals surface area contributed by atoms with Crippen LogP contribution in [0.4, 0.5) is 5.82 Å². The summed E-state index contributed by atoms with van der Waals surface area (Å²) >= 11 is 3.44. The average molecular weight is 342 g/mol. The second-order valence-corrected chi connectivity index (χ2v) is 5.36. The van der Waals surface area contributed by atoms with E-state index < -0.39 is 0 Å². The highest BCUT2D eigenvalue weighted by atomic mass is 79.9. The van der Waals surface area contributed by atoms with Crippen molar-refractivity contribution in [1.82, 2.24) is 9.78 Å². The molecule has 0 unspecified atom stereocenters. The number of aromatic nitrogens is 2. The van der Waals surface area contributed by atoms with Gasteiger partial charge in [-0.25, -0.2) is 0 Å². The number of benzene rings is 2. The molecule has 1 aromatic heterocycles. The third-order valence-corrected chi connectivity index (χ3v) is 3.86. The lowest BCUT2D eigenvalue weighted by molar-refractivity contribution is 0.0961. The topological polar surface area (TPSA) is 60.9 Å². The number of nitrogens with zero attached hydrogens (tertiary/aromatic N) is 2. The van der Waals surface area contributed by atoms with Gasteiger partial charge in [-0.3, -0.25) is 4.79 Å². The van der Waals surface area contributed by atoms with Gasteiger partial charge in [0.15, 0.2) is 5.82 Å². The van der Waals surface area contributed by atoms with E-state index in [0.29, 0.717) is 11.3 Å². The van der Waals surface area contributed by atoms with Gasteiger partial charge in [-0.15, -0.1) is 5.10 Å². The van der Waals surface area contributed by atoms with Crippen molar-refractivity contribution in [2.45, 2.75) is 0 Å². The van der Waals surface area contributed by atoms with E-state index >= 15 is 0 Å². The van der Waals surface area contributed by atoms with E-state index in [9.17, 15) is 4.79 Å². The first-order valence-corrected chi connectivity index (χ1v) is 7.16. The molecule has 0 bridgehead atoms. The molecule has 5 heteroatoms. The second-order valence-electron chi connectivity index (χ2n) is 4.51. The predicted octanol–water partition coefficient (Wildman–Crippen LogP) is 3.73. The van der Waals surface area contributed by atoms with Crippen molar-refractivity contribution in [3.8, 4) is 0 Å². The molecule has 0 saturated heterocycles. The molecule has 3 rings (SSSR count). The van der Waals surface area contributed by atoms with Crippen LogP contribution in [0.3, 0.4) is 0 Å². The third kappa shape index (κ3) is 2.60. The van der Waals surface area contributed by atoms with Crippen LogP contribution in [0.5, 0.6) is 0 Å². The van der Waals surface area contributed by atoms with Crippen LogP contribution in [-0.4, -0.2) is 15.7 Å². The van der Waals surface area contributed by atoms with Gasteiger partial charge < -0.3 is 5.73 Å². The van der Waals surface area contributed by atoms with E-state index in [0.717, 1.165) is 15.4 Å². The fourth-order valence-electron chi connectivity index (χ4n) is 2.10. The summed E-state index contributed by atoms with van der Waals surface area (Å²) in [5.74, 6) is 0.117. The zero-order valence-corrected chi connectivity index (χ0v) is 12.6. The lowest BCUT2D eigenvalue weighted by Gasteiger charge is -1.99. The van der Waals surface area contributed by atoms with Gasteiger partial charge in [0.05, 0.1) is 5.52 Å². The molecule has 21 heavy (non-hydrogen) atoms. The maximum absolute atomic E-state index is 12.3. The summed E-state index contributed by atoms with van der Waals surface area (Å²) in [4.78, 5) is 12.3. The SMILES string of the molecule is Nc1nn(C(=O)/C=C/c2ccccc2Br)c2ccccc12. The number of carbonyl (C=O) groups excluding carboxylic acids is 1. The maximum Gasteiger partial charge on any atom is 0.271 e. The molecule has 0 amide bonds. The summed E-state index contributed by atoms with van der Waals surface area (Å²) in [6.07, 6.45) is 3.23. The predicted molar refractivity (Wildman–Crippen MR) is 87.9 cm³/mol. The quantitative estimate of drug-likeness (QED) is 0.722. The van der Waals surface area contributed by atoms with Crippen LogP contribution in [-0.2, 0) is 0 Å². The zero-order chi connectivity index (χ0) is 14.8. The molecule has 104 valence electrons. The number of carbonyl (C=O) groups is 1. The molecule has 1 heterocycles. The maximum atomic E-state index is 12.3. The Morgan fingerprint density at radius 2 is 1.86 bits per heavy atom. The normalized spacial score (nSPS) is 11.3. The molecular weight excluding hydrogens is 330 g/mol. The first kappa shape index (κ1) is 13.6. The molecule has 2 aromatic carbocycles. The van der Waals surface area contributed by atoms with Crippen molar-refractivity contribution in [1.29, 1.82) is 0 Å². The van der Waals surface area contributed by atoms with Gasteiger partial charge in [0.1, 0.15) is 0 Å². The number of halogens is 1. The Labute approximate surface area is 130 Å². The van der Waals surface area contributed by atoms with Crippen molar-refractivity contribution >= 4 is 44.6 Å². The number of para-hydroxylation sites is 1. The molecule has 0 fully saturated rings. The van der Waals surface area contributed by atoms with Crippen LogP contribution < -0.4 is 5.73 Å². The molecule has 0 spiro atoms. The Balaban J connectivity index is 1.97. The number of rotatable bonds is 2. The number of fused-ring (bicyclic) bond motifs is 1. The van der Waals surface area contributed by atoms with Crippen molar-refractivity contribution in [2.75, 3.05) is 5.73 Å². The Morgan fingerprint density at radius 3 is 2.67 bits per heavy atom. The fraction of sp³-hybridized carbons (Fsp3) is 0. The molecule has 0 atom stereocenters. The molecule has 4 nitrogen and oxygen atoms in total. The Bertz CT molecular complexity index is 852. The van der Waals surface area contributed by atoms with Gasteiger partial charge in [-0.1, -0.05) is 46.3 Å². The summed E-state index contributed by atoms with van der Waals surface area (Å²) in [5, 5.41) is 4.88. The number of allylic oxidation sites excluding steroid dienone is 1. The largest absolute Gasteiger partial charge is 0.382 e. The van der Waals surface area contributed by atoms with Crippen LogP contribution in [0.15, 0.2) is 59.1 Å². The van der Waals surface area contributed by atoms with E-state index in [1.165, 1.54) is 10.8 Å². The number of hydrogen-bond acceptors (Lipinski definition) is 3. The third-order valence-electron chi connectivity index (χ3n) is 3.14. The highest BCUT2D eigenvalue weighted by Gasteiger charge is 2.11. The van der Waals surface area contributed by atoms with Crippen molar-refractivity contribution in [3.05, 3.63) is 64.6 Å².